The van der Waals surface area contributed by atoms with Gasteiger partial charge in [0.2, 0.25) is 0 Å². The van der Waals surface area contributed by atoms with Gasteiger partial charge in [-0.05, 0) is 0 Å². The molecular weight excluding hydrogens is 164 g/mol. The number of hydrogen-bond donors (Lipinski definition) is 4. The van der Waals surface area contributed by atoms with Crippen LogP contribution in [0.5, 0.6) is 0 Å². The zero-order valence-corrected chi connectivity index (χ0v) is 9.19. The SMILES string of the molecule is C1CC1.C1CCCCC1.N.N.N.N. The molecule has 0 radical (unpaired) electrons. The van der Waals surface area contributed by atoms with Crippen LogP contribution in [0.4, 0.5) is 0 Å². The highest BCUT2D eigenvalue weighted by molar-refractivity contribution is 4.51. The van der Waals surface area contributed by atoms with Crippen molar-refractivity contribution in [1.29, 1.82) is 0 Å². The molecule has 2 saturated carbocycles. The Kier molecular flexibility index (Phi) is 31.5. The van der Waals surface area contributed by atoms with Crippen molar-refractivity contribution in [3.8, 4) is 0 Å². The summed E-state index contributed by atoms with van der Waals surface area (Å²) in [5.41, 5.74) is 0. The van der Waals surface area contributed by atoms with Gasteiger partial charge >= 0.3 is 0 Å². The third-order valence-electron chi connectivity index (χ3n) is 1.85. The maximum Gasteiger partial charge on any atom is -0.0533 e. The van der Waals surface area contributed by atoms with Gasteiger partial charge in [-0.15, -0.1) is 0 Å². The molecular formula is C9H30N4. The third kappa shape index (κ3) is 24.5. The lowest BCUT2D eigenvalue weighted by Gasteiger charge is -2.05. The van der Waals surface area contributed by atoms with E-state index < -0.39 is 0 Å². The van der Waals surface area contributed by atoms with Crippen LogP contribution in [-0.4, -0.2) is 0 Å². The Labute approximate surface area is 83.2 Å². The van der Waals surface area contributed by atoms with E-state index in [1.165, 1.54) is 57.8 Å². The zero-order valence-electron chi connectivity index (χ0n) is 9.19. The largest absolute Gasteiger partial charge is 0.344 e. The average molecular weight is 194 g/mol. The van der Waals surface area contributed by atoms with Crippen LogP contribution < -0.4 is 24.6 Å². The minimum atomic E-state index is 0. The molecule has 0 spiro atoms. The second kappa shape index (κ2) is 17.8. The molecule has 0 heterocycles. The first-order valence-electron chi connectivity index (χ1n) is 4.50. The summed E-state index contributed by atoms with van der Waals surface area (Å²) >= 11 is 0. The summed E-state index contributed by atoms with van der Waals surface area (Å²) in [4.78, 5) is 0. The Morgan fingerprint density at radius 2 is 0.308 bits per heavy atom. The monoisotopic (exact) mass is 194 g/mol. The van der Waals surface area contributed by atoms with E-state index in [1.807, 2.05) is 0 Å². The summed E-state index contributed by atoms with van der Waals surface area (Å²) in [6, 6.07) is 0. The van der Waals surface area contributed by atoms with E-state index in [4.69, 9.17) is 0 Å². The highest BCUT2D eigenvalue weighted by Gasteiger charge is 1.95. The summed E-state index contributed by atoms with van der Waals surface area (Å²) < 4.78 is 0. The Morgan fingerprint density at radius 3 is 0.385 bits per heavy atom. The van der Waals surface area contributed by atoms with E-state index in [9.17, 15) is 0 Å². The topological polar surface area (TPSA) is 140 Å². The highest BCUT2D eigenvalue weighted by Crippen LogP contribution is 2.15. The minimum absolute atomic E-state index is 0. The van der Waals surface area contributed by atoms with Crippen LogP contribution in [0.2, 0.25) is 0 Å². The van der Waals surface area contributed by atoms with Crippen LogP contribution in [0.3, 0.4) is 0 Å². The van der Waals surface area contributed by atoms with Crippen molar-refractivity contribution in [1.82, 2.24) is 24.6 Å². The van der Waals surface area contributed by atoms with Crippen molar-refractivity contribution in [2.24, 2.45) is 0 Å². The summed E-state index contributed by atoms with van der Waals surface area (Å²) in [5.74, 6) is 0. The fourth-order valence-electron chi connectivity index (χ4n) is 1.06. The maximum absolute atomic E-state index is 1.50. The molecule has 4 nitrogen and oxygen atoms in total. The van der Waals surface area contributed by atoms with Gasteiger partial charge in [-0.25, -0.2) is 0 Å². The average Bonchev–Trinajstić information content (AvgIpc) is 2.76. The van der Waals surface area contributed by atoms with E-state index in [2.05, 4.69) is 0 Å². The van der Waals surface area contributed by atoms with Gasteiger partial charge < -0.3 is 24.6 Å². The molecule has 0 aliphatic heterocycles. The normalized spacial score (nSPS) is 16.6. The molecule has 4 heteroatoms. The molecule has 13 heavy (non-hydrogen) atoms. The van der Waals surface area contributed by atoms with Crippen molar-refractivity contribution >= 4 is 0 Å². The molecule has 2 fully saturated rings. The molecule has 2 aliphatic rings. The van der Waals surface area contributed by atoms with Crippen LogP contribution in [0.25, 0.3) is 0 Å². The minimum Gasteiger partial charge on any atom is -0.344 e. The highest BCUT2D eigenvalue weighted by atomic mass is 14.0. The smallest absolute Gasteiger partial charge is 0.0533 e. The predicted octanol–water partition coefficient (Wildman–Crippen LogP) is 4.16. The molecule has 0 bridgehead atoms. The van der Waals surface area contributed by atoms with Crippen molar-refractivity contribution in [3.63, 3.8) is 0 Å². The molecule has 2 rings (SSSR count). The molecule has 0 unspecified atom stereocenters. The lowest BCUT2D eigenvalue weighted by atomic mass is 10.0. The third-order valence-corrected chi connectivity index (χ3v) is 1.85. The molecule has 0 amide bonds. The van der Waals surface area contributed by atoms with Crippen LogP contribution in [0.1, 0.15) is 57.8 Å². The van der Waals surface area contributed by atoms with Crippen molar-refractivity contribution in [2.45, 2.75) is 57.8 Å². The fourth-order valence-corrected chi connectivity index (χ4v) is 1.06. The summed E-state index contributed by atoms with van der Waals surface area (Å²) in [6.45, 7) is 0. The van der Waals surface area contributed by atoms with E-state index in [0.717, 1.165) is 0 Å². The molecule has 0 aromatic rings. The molecule has 12 N–H and O–H groups in total. The van der Waals surface area contributed by atoms with E-state index in [-0.39, 0.29) is 24.6 Å². The van der Waals surface area contributed by atoms with Crippen molar-refractivity contribution in [2.75, 3.05) is 0 Å². The molecule has 2 aliphatic carbocycles. The van der Waals surface area contributed by atoms with Crippen LogP contribution in [-0.2, 0) is 0 Å². The van der Waals surface area contributed by atoms with Crippen LogP contribution >= 0.6 is 0 Å². The second-order valence-corrected chi connectivity index (χ2v) is 3.18. The molecule has 0 aromatic carbocycles. The van der Waals surface area contributed by atoms with Gasteiger partial charge in [0.15, 0.2) is 0 Å². The molecule has 0 aromatic heterocycles. The predicted molar refractivity (Wildman–Crippen MR) is 61.6 cm³/mol. The van der Waals surface area contributed by atoms with Gasteiger partial charge in [-0.3, -0.25) is 0 Å². The van der Waals surface area contributed by atoms with Crippen LogP contribution in [0, 0.1) is 0 Å². The van der Waals surface area contributed by atoms with Crippen molar-refractivity contribution < 1.29 is 0 Å². The van der Waals surface area contributed by atoms with Gasteiger partial charge in [-0.2, -0.15) is 0 Å². The van der Waals surface area contributed by atoms with Gasteiger partial charge in [0.05, 0.1) is 0 Å². The zero-order chi connectivity index (χ0) is 6.36. The Bertz CT molecular complexity index is 48.4. The number of hydrogen-bond acceptors (Lipinski definition) is 4. The fraction of sp³-hybridized carbons (Fsp3) is 1.00. The Morgan fingerprint density at radius 1 is 0.231 bits per heavy atom. The van der Waals surface area contributed by atoms with Gasteiger partial charge in [0.25, 0.3) is 0 Å². The molecule has 0 atom stereocenters. The summed E-state index contributed by atoms with van der Waals surface area (Å²) in [5, 5.41) is 0. The summed E-state index contributed by atoms with van der Waals surface area (Å²) in [7, 11) is 0. The first kappa shape index (κ1) is 23.0. The Hall–Kier alpha value is -0.160. The maximum atomic E-state index is 1.50. The summed E-state index contributed by atoms with van der Waals surface area (Å²) in [6.07, 6.45) is 13.5. The first-order valence-corrected chi connectivity index (χ1v) is 4.50. The number of rotatable bonds is 0. The van der Waals surface area contributed by atoms with E-state index in [1.54, 1.807) is 0 Å². The van der Waals surface area contributed by atoms with Gasteiger partial charge in [0, 0.05) is 0 Å². The quantitative estimate of drug-likeness (QED) is 0.459. The lowest BCUT2D eigenvalue weighted by molar-refractivity contribution is 0.504. The van der Waals surface area contributed by atoms with Gasteiger partial charge in [-0.1, -0.05) is 57.8 Å². The lowest BCUT2D eigenvalue weighted by Crippen LogP contribution is -1.85. The van der Waals surface area contributed by atoms with E-state index in [0.29, 0.717) is 0 Å². The Balaban J connectivity index is -0.0000000521. The first-order chi connectivity index (χ1) is 4.50. The van der Waals surface area contributed by atoms with Gasteiger partial charge in [0.1, 0.15) is 0 Å². The van der Waals surface area contributed by atoms with Crippen molar-refractivity contribution in [3.05, 3.63) is 0 Å². The molecule has 86 valence electrons. The van der Waals surface area contributed by atoms with E-state index >= 15 is 0 Å². The van der Waals surface area contributed by atoms with Crippen LogP contribution in [0.15, 0.2) is 0 Å². The molecule has 0 saturated heterocycles. The standard InChI is InChI=1S/C6H12.C3H6.4H3N/c1-2-4-6-5-3-1;1-2-3-1;;;;/h1-6H2;1-3H2;4*1H3. The second-order valence-electron chi connectivity index (χ2n) is 3.18.